The average molecular weight is 1390 g/mol. The summed E-state index contributed by atoms with van der Waals surface area (Å²) < 4.78 is 13.1. The minimum atomic E-state index is -0.293. The van der Waals surface area contributed by atoms with Crippen LogP contribution in [0.15, 0.2) is 397 Å². The fourth-order valence-corrected chi connectivity index (χ4v) is 18.2. The third-order valence-corrected chi connectivity index (χ3v) is 23.2. The predicted octanol–water partition coefficient (Wildman–Crippen LogP) is 26.0. The summed E-state index contributed by atoms with van der Waals surface area (Å²) in [5, 5.41) is 4.36. The van der Waals surface area contributed by atoms with E-state index in [2.05, 4.69) is 398 Å². The molecule has 2 aliphatic heterocycles. The number of fused-ring (bicyclic) bond motifs is 12. The summed E-state index contributed by atoms with van der Waals surface area (Å²) >= 11 is 0. The zero-order valence-electron chi connectivity index (χ0n) is 59.5. The standard InChI is InChI=1S/C104H67BN2O2/c1-7-27-66(28-8-1)78-58-85(68-31-11-3-12-32-68)103(86(59-78)69-33-13-4-14-34-69)106-93-62-74(72-49-53-99-89(56-72)83-43-23-25-45-97(83)108-99)47-51-91(93)105-92-52-48-75(73-50-54-100-90(57-73)84-44-24-26-46-98(84)109-100)63-94(92)107(96-65-80(64-95(106)102(96)105)101-81-41-21-19-39-76(81)55-77-40-20-22-42-82(77)101)104-87(70-35-15-5-16-36-70)60-79(67-29-9-2-10-30-67)61-88(104)71-37-17-6-18-38-71/h1-54,56-65,101H,55H2. The zero-order chi connectivity index (χ0) is 71.6. The van der Waals surface area contributed by atoms with Crippen LogP contribution in [0.2, 0.25) is 0 Å². The molecule has 109 heavy (non-hydrogen) atoms. The minimum absolute atomic E-state index is 0.163. The fourth-order valence-electron chi connectivity index (χ4n) is 18.2. The van der Waals surface area contributed by atoms with Gasteiger partial charge in [-0.3, -0.25) is 0 Å². The van der Waals surface area contributed by atoms with E-state index >= 15 is 0 Å². The smallest absolute Gasteiger partial charge is 0.252 e. The Bertz CT molecular complexity index is 6300. The van der Waals surface area contributed by atoms with Crippen molar-refractivity contribution in [2.75, 3.05) is 9.80 Å². The number of para-hydroxylation sites is 2. The van der Waals surface area contributed by atoms with Crippen molar-refractivity contribution in [1.29, 1.82) is 0 Å². The van der Waals surface area contributed by atoms with Crippen molar-refractivity contribution in [3.8, 4) is 89.0 Å². The van der Waals surface area contributed by atoms with Gasteiger partial charge in [-0.2, -0.15) is 0 Å². The number of nitrogens with zero attached hydrogens (tertiary/aromatic N) is 2. The van der Waals surface area contributed by atoms with Crippen LogP contribution in [0.3, 0.4) is 0 Å². The summed E-state index contributed by atoms with van der Waals surface area (Å²) in [7, 11) is 0. The number of rotatable bonds is 11. The topological polar surface area (TPSA) is 32.8 Å². The van der Waals surface area contributed by atoms with Crippen molar-refractivity contribution in [2.45, 2.75) is 12.3 Å². The van der Waals surface area contributed by atoms with Gasteiger partial charge in [-0.05, 0) is 202 Å². The van der Waals surface area contributed by atoms with Crippen LogP contribution in [0.1, 0.15) is 33.7 Å². The van der Waals surface area contributed by atoms with Crippen LogP contribution < -0.4 is 26.2 Å². The average Bonchev–Trinajstić information content (AvgIpc) is 1.67. The molecule has 508 valence electrons. The fraction of sp³-hybridized carbons (Fsp3) is 0.0192. The van der Waals surface area contributed by atoms with E-state index < -0.39 is 0 Å². The highest BCUT2D eigenvalue weighted by Gasteiger charge is 2.47. The van der Waals surface area contributed by atoms with Gasteiger partial charge in [-0.25, -0.2) is 0 Å². The highest BCUT2D eigenvalue weighted by Crippen LogP contribution is 2.57. The van der Waals surface area contributed by atoms with Crippen LogP contribution in [0.5, 0.6) is 0 Å². The maximum Gasteiger partial charge on any atom is 0.252 e. The Balaban J connectivity index is 0.923. The van der Waals surface area contributed by atoms with Crippen LogP contribution in [0.4, 0.5) is 34.1 Å². The molecular weight excluding hydrogens is 1320 g/mol. The molecule has 17 aromatic carbocycles. The Morgan fingerprint density at radius 2 is 0.560 bits per heavy atom. The lowest BCUT2D eigenvalue weighted by Gasteiger charge is -2.46. The van der Waals surface area contributed by atoms with Gasteiger partial charge >= 0.3 is 0 Å². The molecule has 19 aromatic rings. The maximum absolute atomic E-state index is 6.57. The number of benzene rings is 17. The second-order valence-corrected chi connectivity index (χ2v) is 29.3. The first kappa shape index (κ1) is 62.4. The third kappa shape index (κ3) is 10.3. The molecule has 0 unspecified atom stereocenters. The monoisotopic (exact) mass is 1390 g/mol. The SMILES string of the molecule is c1ccc(-c2cc(-c3ccccc3)c(N3c4cc(-c5ccc6oc7ccccc7c6c5)ccc4B4c5ccc(-c6ccc7oc8ccccc8c7c6)cc5N(c5c(-c6ccccc6)cc(-c6ccccc6)cc5-c5ccccc5)c5cc(C6c7ccccc7Cc7ccccc76)cc3c54)c(-c3ccccc3)c2)cc1. The Hall–Kier alpha value is -14.0. The van der Waals surface area contributed by atoms with Crippen LogP contribution in [-0.2, 0) is 6.42 Å². The van der Waals surface area contributed by atoms with E-state index in [1.54, 1.807) is 0 Å². The zero-order valence-corrected chi connectivity index (χ0v) is 59.5. The van der Waals surface area contributed by atoms with E-state index in [-0.39, 0.29) is 12.6 Å². The molecule has 0 fully saturated rings. The van der Waals surface area contributed by atoms with Crippen molar-refractivity contribution in [1.82, 2.24) is 0 Å². The van der Waals surface area contributed by atoms with Gasteiger partial charge in [0.05, 0.1) is 11.4 Å². The molecule has 22 rings (SSSR count). The highest BCUT2D eigenvalue weighted by atomic mass is 16.3. The van der Waals surface area contributed by atoms with E-state index in [1.165, 1.54) is 44.2 Å². The van der Waals surface area contributed by atoms with Gasteiger partial charge in [0, 0.05) is 72.5 Å². The largest absolute Gasteiger partial charge is 0.456 e. The normalized spacial score (nSPS) is 12.8. The van der Waals surface area contributed by atoms with Crippen LogP contribution in [-0.4, -0.2) is 6.71 Å². The molecule has 0 atom stereocenters. The van der Waals surface area contributed by atoms with Gasteiger partial charge in [0.15, 0.2) is 0 Å². The lowest BCUT2D eigenvalue weighted by molar-refractivity contribution is 0.668. The molecule has 0 N–H and O–H groups in total. The van der Waals surface area contributed by atoms with E-state index in [4.69, 9.17) is 8.83 Å². The van der Waals surface area contributed by atoms with Crippen molar-refractivity contribution in [3.63, 3.8) is 0 Å². The first-order chi connectivity index (χ1) is 54.0. The van der Waals surface area contributed by atoms with Gasteiger partial charge in [0.2, 0.25) is 0 Å². The summed E-state index contributed by atoms with van der Waals surface area (Å²) in [6.45, 7) is -0.293. The minimum Gasteiger partial charge on any atom is -0.456 e. The Morgan fingerprint density at radius 1 is 0.239 bits per heavy atom. The van der Waals surface area contributed by atoms with Crippen molar-refractivity contribution >= 4 is 101 Å². The Morgan fingerprint density at radius 3 is 0.954 bits per heavy atom. The first-order valence-corrected chi connectivity index (χ1v) is 37.8. The van der Waals surface area contributed by atoms with Crippen LogP contribution in [0, 0.1) is 0 Å². The number of furan rings is 2. The summed E-state index contributed by atoms with van der Waals surface area (Å²) in [6.07, 6.45) is 0.845. The maximum atomic E-state index is 6.57. The van der Waals surface area contributed by atoms with Crippen molar-refractivity contribution in [3.05, 3.63) is 416 Å². The number of hydrogen-bond acceptors (Lipinski definition) is 4. The Kier molecular flexibility index (Phi) is 14.5. The molecule has 0 spiro atoms. The molecule has 0 saturated heterocycles. The molecule has 5 heteroatoms. The quantitative estimate of drug-likeness (QED) is 0.121. The van der Waals surface area contributed by atoms with E-state index in [0.717, 1.165) is 173 Å². The summed E-state index contributed by atoms with van der Waals surface area (Å²) in [5.41, 5.74) is 38.1. The molecule has 2 aromatic heterocycles. The molecule has 0 saturated carbocycles. The van der Waals surface area contributed by atoms with Gasteiger partial charge in [0.1, 0.15) is 22.3 Å². The molecule has 4 nitrogen and oxygen atoms in total. The van der Waals surface area contributed by atoms with Crippen molar-refractivity contribution in [2.24, 2.45) is 0 Å². The van der Waals surface area contributed by atoms with Gasteiger partial charge in [-0.1, -0.05) is 303 Å². The molecule has 1 aliphatic carbocycles. The second kappa shape index (κ2) is 25.4. The molecule has 3 aliphatic rings. The van der Waals surface area contributed by atoms with Crippen LogP contribution in [0.25, 0.3) is 133 Å². The lowest BCUT2D eigenvalue weighted by atomic mass is 9.33. The second-order valence-electron chi connectivity index (χ2n) is 29.3. The molecule has 4 heterocycles. The Labute approximate surface area is 633 Å². The lowest BCUT2D eigenvalue weighted by Crippen LogP contribution is -2.61. The van der Waals surface area contributed by atoms with E-state index in [1.807, 2.05) is 0 Å². The number of hydrogen-bond donors (Lipinski definition) is 0. The van der Waals surface area contributed by atoms with Gasteiger partial charge in [0.25, 0.3) is 6.71 Å². The summed E-state index contributed by atoms with van der Waals surface area (Å²) in [6, 6.07) is 145. The van der Waals surface area contributed by atoms with Crippen LogP contribution >= 0.6 is 0 Å². The highest BCUT2D eigenvalue weighted by molar-refractivity contribution is 7.00. The molecule has 0 amide bonds. The predicted molar refractivity (Wildman–Crippen MR) is 455 cm³/mol. The van der Waals surface area contributed by atoms with E-state index in [0.29, 0.717) is 0 Å². The van der Waals surface area contributed by atoms with Gasteiger partial charge < -0.3 is 18.6 Å². The third-order valence-electron chi connectivity index (χ3n) is 23.2. The summed E-state index contributed by atoms with van der Waals surface area (Å²) in [4.78, 5) is 5.44. The summed E-state index contributed by atoms with van der Waals surface area (Å²) in [5.74, 6) is -0.163. The molecule has 0 bridgehead atoms. The first-order valence-electron chi connectivity index (χ1n) is 37.8. The molecular formula is C104H67BN2O2. The van der Waals surface area contributed by atoms with Crippen molar-refractivity contribution < 1.29 is 8.83 Å². The molecule has 0 radical (unpaired) electrons. The van der Waals surface area contributed by atoms with E-state index in [9.17, 15) is 0 Å². The van der Waals surface area contributed by atoms with Gasteiger partial charge in [-0.15, -0.1) is 0 Å². The number of anilines is 6.